The zero-order chi connectivity index (χ0) is 22.1. The number of hydrogen-bond donors (Lipinski definition) is 0. The van der Waals surface area contributed by atoms with Gasteiger partial charge in [-0.1, -0.05) is 42.5 Å². The highest BCUT2D eigenvalue weighted by Crippen LogP contribution is 2.44. The van der Waals surface area contributed by atoms with Crippen molar-refractivity contribution in [1.82, 2.24) is 9.88 Å². The zero-order valence-corrected chi connectivity index (χ0v) is 19.1. The second-order valence-electron chi connectivity index (χ2n) is 9.40. The number of rotatable bonds is 4. The molecule has 164 valence electrons. The molecule has 1 aromatic heterocycles. The van der Waals surface area contributed by atoms with Crippen molar-refractivity contribution in [3.05, 3.63) is 83.7 Å². The Morgan fingerprint density at radius 2 is 1.59 bits per heavy atom. The first kappa shape index (κ1) is 20.9. The van der Waals surface area contributed by atoms with Crippen molar-refractivity contribution in [2.45, 2.75) is 39.7 Å². The second kappa shape index (κ2) is 8.51. The molecule has 0 unspecified atom stereocenters. The van der Waals surface area contributed by atoms with Crippen LogP contribution in [0.3, 0.4) is 0 Å². The second-order valence-corrected chi connectivity index (χ2v) is 9.40. The normalized spacial score (nSPS) is 18.4. The summed E-state index contributed by atoms with van der Waals surface area (Å²) >= 11 is 0. The SMILES string of the molecule is Cc1cc(-c2ccccc2)ccc1N1CCC2(CCN(Cc3ncccc3C)CC2)C1=O. The largest absolute Gasteiger partial charge is 0.312 e. The molecular weight excluding hydrogens is 394 g/mol. The van der Waals surface area contributed by atoms with Gasteiger partial charge in [0.25, 0.3) is 0 Å². The van der Waals surface area contributed by atoms with Crippen LogP contribution in [0.2, 0.25) is 0 Å². The fraction of sp³-hybridized carbons (Fsp3) is 0.357. The Morgan fingerprint density at radius 3 is 2.31 bits per heavy atom. The van der Waals surface area contributed by atoms with Crippen molar-refractivity contribution in [3.8, 4) is 11.1 Å². The number of pyridine rings is 1. The lowest BCUT2D eigenvalue weighted by Gasteiger charge is -2.38. The number of nitrogens with zero attached hydrogens (tertiary/aromatic N) is 3. The first-order valence-corrected chi connectivity index (χ1v) is 11.7. The maximum Gasteiger partial charge on any atom is 0.233 e. The Bertz CT molecular complexity index is 1120. The number of piperidine rings is 1. The Hall–Kier alpha value is -2.98. The molecule has 4 heteroatoms. The molecule has 0 radical (unpaired) electrons. The molecule has 2 aliphatic heterocycles. The maximum atomic E-state index is 13.6. The van der Waals surface area contributed by atoms with Crippen LogP contribution in [0.1, 0.15) is 36.1 Å². The number of aromatic nitrogens is 1. The number of amides is 1. The van der Waals surface area contributed by atoms with Crippen LogP contribution in [0.15, 0.2) is 66.9 Å². The van der Waals surface area contributed by atoms with Gasteiger partial charge in [0.05, 0.1) is 11.1 Å². The molecule has 0 atom stereocenters. The number of benzene rings is 2. The smallest absolute Gasteiger partial charge is 0.233 e. The van der Waals surface area contributed by atoms with Gasteiger partial charge in [-0.15, -0.1) is 0 Å². The Labute approximate surface area is 190 Å². The van der Waals surface area contributed by atoms with Crippen molar-refractivity contribution in [2.75, 3.05) is 24.5 Å². The summed E-state index contributed by atoms with van der Waals surface area (Å²) < 4.78 is 0. The van der Waals surface area contributed by atoms with Gasteiger partial charge in [0, 0.05) is 25.0 Å². The van der Waals surface area contributed by atoms with E-state index in [9.17, 15) is 4.79 Å². The average molecular weight is 426 g/mol. The molecular formula is C28H31N3O. The quantitative estimate of drug-likeness (QED) is 0.563. The third kappa shape index (κ3) is 3.84. The number of carbonyl (C=O) groups excluding carboxylic acids is 1. The summed E-state index contributed by atoms with van der Waals surface area (Å²) in [6.45, 7) is 7.86. The lowest BCUT2D eigenvalue weighted by Crippen LogP contribution is -2.44. The van der Waals surface area contributed by atoms with E-state index in [0.717, 1.165) is 56.8 Å². The monoisotopic (exact) mass is 425 g/mol. The standard InChI is InChI=1S/C28H31N3O/c1-21-7-6-15-29-25(21)20-30-16-12-28(13-17-30)14-18-31(27(28)32)26-11-10-24(19-22(26)2)23-8-4-3-5-9-23/h3-11,15,19H,12-14,16-18,20H2,1-2H3. The fourth-order valence-corrected chi connectivity index (χ4v) is 5.32. The van der Waals surface area contributed by atoms with Crippen LogP contribution in [0.25, 0.3) is 11.1 Å². The number of hydrogen-bond acceptors (Lipinski definition) is 3. The van der Waals surface area contributed by atoms with Crippen molar-refractivity contribution < 1.29 is 4.79 Å². The summed E-state index contributed by atoms with van der Waals surface area (Å²) in [5.41, 5.74) is 6.84. The van der Waals surface area contributed by atoms with Gasteiger partial charge in [-0.25, -0.2) is 0 Å². The number of aryl methyl sites for hydroxylation is 2. The van der Waals surface area contributed by atoms with Gasteiger partial charge in [-0.05, 0) is 86.7 Å². The van der Waals surface area contributed by atoms with Gasteiger partial charge >= 0.3 is 0 Å². The summed E-state index contributed by atoms with van der Waals surface area (Å²) in [4.78, 5) is 22.7. The van der Waals surface area contributed by atoms with Crippen LogP contribution in [0, 0.1) is 19.3 Å². The molecule has 3 heterocycles. The predicted octanol–water partition coefficient (Wildman–Crippen LogP) is 5.38. The minimum Gasteiger partial charge on any atom is -0.312 e. The molecule has 0 bridgehead atoms. The number of anilines is 1. The van der Waals surface area contributed by atoms with Gasteiger partial charge in [-0.2, -0.15) is 0 Å². The minimum absolute atomic E-state index is 0.194. The molecule has 3 aromatic rings. The summed E-state index contributed by atoms with van der Waals surface area (Å²) in [5, 5.41) is 0. The van der Waals surface area contributed by atoms with E-state index in [2.05, 4.69) is 72.3 Å². The van der Waals surface area contributed by atoms with E-state index in [0.29, 0.717) is 5.91 Å². The van der Waals surface area contributed by atoms with Gasteiger partial charge < -0.3 is 4.90 Å². The van der Waals surface area contributed by atoms with Crippen molar-refractivity contribution >= 4 is 11.6 Å². The van der Waals surface area contributed by atoms with E-state index in [1.165, 1.54) is 22.3 Å². The van der Waals surface area contributed by atoms with Crippen LogP contribution < -0.4 is 4.90 Å². The van der Waals surface area contributed by atoms with Crippen LogP contribution in [-0.2, 0) is 11.3 Å². The Morgan fingerprint density at radius 1 is 0.844 bits per heavy atom. The molecule has 4 nitrogen and oxygen atoms in total. The number of carbonyl (C=O) groups is 1. The molecule has 32 heavy (non-hydrogen) atoms. The van der Waals surface area contributed by atoms with Crippen LogP contribution >= 0.6 is 0 Å². The third-order valence-electron chi connectivity index (χ3n) is 7.41. The highest BCUT2D eigenvalue weighted by molar-refractivity contribution is 6.00. The highest BCUT2D eigenvalue weighted by atomic mass is 16.2. The summed E-state index contributed by atoms with van der Waals surface area (Å²) in [6, 6.07) is 21.0. The molecule has 0 N–H and O–H groups in total. The van der Waals surface area contributed by atoms with Crippen LogP contribution in [0.5, 0.6) is 0 Å². The first-order chi connectivity index (χ1) is 15.6. The molecule has 0 aliphatic carbocycles. The maximum absolute atomic E-state index is 13.6. The molecule has 1 spiro atoms. The molecule has 1 amide bonds. The lowest BCUT2D eigenvalue weighted by atomic mass is 9.77. The topological polar surface area (TPSA) is 36.4 Å². The zero-order valence-electron chi connectivity index (χ0n) is 19.1. The van der Waals surface area contributed by atoms with Gasteiger partial charge in [-0.3, -0.25) is 14.7 Å². The van der Waals surface area contributed by atoms with Crippen LogP contribution in [0.4, 0.5) is 5.69 Å². The van der Waals surface area contributed by atoms with E-state index >= 15 is 0 Å². The minimum atomic E-state index is -0.194. The molecule has 2 aromatic carbocycles. The van der Waals surface area contributed by atoms with E-state index < -0.39 is 0 Å². The van der Waals surface area contributed by atoms with E-state index in [1.807, 2.05) is 23.2 Å². The highest BCUT2D eigenvalue weighted by Gasteiger charge is 2.48. The lowest BCUT2D eigenvalue weighted by molar-refractivity contribution is -0.128. The average Bonchev–Trinajstić information content (AvgIpc) is 3.13. The predicted molar refractivity (Wildman–Crippen MR) is 130 cm³/mol. The summed E-state index contributed by atoms with van der Waals surface area (Å²) in [5.74, 6) is 0.321. The van der Waals surface area contributed by atoms with E-state index in [4.69, 9.17) is 0 Å². The molecule has 2 fully saturated rings. The molecule has 2 saturated heterocycles. The molecule has 0 saturated carbocycles. The van der Waals surface area contributed by atoms with Gasteiger partial charge in [0.1, 0.15) is 0 Å². The van der Waals surface area contributed by atoms with Gasteiger partial charge in [0.15, 0.2) is 0 Å². The molecule has 2 aliphatic rings. The molecule has 5 rings (SSSR count). The third-order valence-corrected chi connectivity index (χ3v) is 7.41. The fourth-order valence-electron chi connectivity index (χ4n) is 5.32. The van der Waals surface area contributed by atoms with Crippen LogP contribution in [-0.4, -0.2) is 35.4 Å². The van der Waals surface area contributed by atoms with Crippen molar-refractivity contribution in [1.29, 1.82) is 0 Å². The van der Waals surface area contributed by atoms with Crippen molar-refractivity contribution in [2.24, 2.45) is 5.41 Å². The Kier molecular flexibility index (Phi) is 5.56. The van der Waals surface area contributed by atoms with Crippen molar-refractivity contribution in [3.63, 3.8) is 0 Å². The number of likely N-dealkylation sites (tertiary alicyclic amines) is 1. The van der Waals surface area contributed by atoms with E-state index in [1.54, 1.807) is 0 Å². The van der Waals surface area contributed by atoms with Gasteiger partial charge in [0.2, 0.25) is 5.91 Å². The van der Waals surface area contributed by atoms with E-state index in [-0.39, 0.29) is 5.41 Å². The first-order valence-electron chi connectivity index (χ1n) is 11.7. The summed E-state index contributed by atoms with van der Waals surface area (Å²) in [7, 11) is 0. The summed E-state index contributed by atoms with van der Waals surface area (Å²) in [6.07, 6.45) is 4.71. The Balaban J connectivity index is 1.28.